The van der Waals surface area contributed by atoms with Gasteiger partial charge in [0, 0.05) is 6.54 Å². The summed E-state index contributed by atoms with van der Waals surface area (Å²) in [7, 11) is 0. The highest BCUT2D eigenvalue weighted by Crippen LogP contribution is 2.17. The van der Waals surface area contributed by atoms with Gasteiger partial charge in [-0.3, -0.25) is 0 Å². The molecule has 1 saturated carbocycles. The summed E-state index contributed by atoms with van der Waals surface area (Å²) in [6, 6.07) is 5.85. The molecule has 1 aromatic rings. The van der Waals surface area contributed by atoms with E-state index in [1.54, 1.807) is 12.1 Å². The van der Waals surface area contributed by atoms with Crippen LogP contribution in [-0.2, 0) is 6.54 Å². The van der Waals surface area contributed by atoms with Gasteiger partial charge in [0.15, 0.2) is 0 Å². The average Bonchev–Trinajstić information content (AvgIpc) is 2.70. The Morgan fingerprint density at radius 3 is 2.45 bits per heavy atom. The number of carboxylic acid groups (broad SMARTS) is 1. The van der Waals surface area contributed by atoms with Crippen LogP contribution in [0.15, 0.2) is 24.3 Å². The Labute approximate surface area is 129 Å². The van der Waals surface area contributed by atoms with Gasteiger partial charge in [-0.2, -0.15) is 0 Å². The number of aliphatic hydroxyl groups excluding tert-OH is 1. The van der Waals surface area contributed by atoms with Crippen molar-refractivity contribution in [1.82, 2.24) is 10.6 Å². The van der Waals surface area contributed by atoms with Crippen molar-refractivity contribution in [2.24, 2.45) is 0 Å². The van der Waals surface area contributed by atoms with Gasteiger partial charge >= 0.3 is 12.0 Å². The van der Waals surface area contributed by atoms with Crippen LogP contribution in [0.2, 0.25) is 0 Å². The van der Waals surface area contributed by atoms with Gasteiger partial charge in [0.05, 0.1) is 17.7 Å². The predicted molar refractivity (Wildman–Crippen MR) is 81.7 cm³/mol. The summed E-state index contributed by atoms with van der Waals surface area (Å²) in [5, 5.41) is 24.3. The molecule has 0 saturated heterocycles. The molecule has 6 nitrogen and oxygen atoms in total. The Kier molecular flexibility index (Phi) is 5.77. The highest BCUT2D eigenvalue weighted by molar-refractivity contribution is 5.87. The lowest BCUT2D eigenvalue weighted by atomic mass is 10.1. The smallest absolute Gasteiger partial charge is 0.335 e. The zero-order chi connectivity index (χ0) is 15.9. The van der Waals surface area contributed by atoms with E-state index >= 15 is 0 Å². The topological polar surface area (TPSA) is 98.7 Å². The van der Waals surface area contributed by atoms with E-state index in [0.717, 1.165) is 37.7 Å². The third-order valence-corrected chi connectivity index (χ3v) is 3.95. The van der Waals surface area contributed by atoms with E-state index in [-0.39, 0.29) is 17.6 Å². The Balaban J connectivity index is 1.80. The number of hydrogen-bond acceptors (Lipinski definition) is 3. The number of carboxylic acids is 1. The quantitative estimate of drug-likeness (QED) is 0.638. The first-order valence-electron chi connectivity index (χ1n) is 7.61. The molecule has 1 fully saturated rings. The van der Waals surface area contributed by atoms with Crippen molar-refractivity contribution in [2.75, 3.05) is 0 Å². The number of aromatic carboxylic acids is 1. The van der Waals surface area contributed by atoms with E-state index in [4.69, 9.17) is 5.11 Å². The van der Waals surface area contributed by atoms with Crippen molar-refractivity contribution in [3.63, 3.8) is 0 Å². The van der Waals surface area contributed by atoms with Gasteiger partial charge in [-0.05, 0) is 30.5 Å². The number of amides is 2. The largest absolute Gasteiger partial charge is 0.478 e. The Hall–Kier alpha value is -2.08. The van der Waals surface area contributed by atoms with Gasteiger partial charge in [-0.1, -0.05) is 31.4 Å². The van der Waals surface area contributed by atoms with E-state index < -0.39 is 12.1 Å². The molecule has 4 N–H and O–H groups in total. The summed E-state index contributed by atoms with van der Waals surface area (Å²) in [5.41, 5.74) is 1.04. The lowest BCUT2D eigenvalue weighted by Gasteiger charge is -2.22. The second kappa shape index (κ2) is 7.79. The number of nitrogens with one attached hydrogen (secondary N) is 2. The number of benzene rings is 1. The maximum absolute atomic E-state index is 11.9. The van der Waals surface area contributed by atoms with Gasteiger partial charge in [-0.15, -0.1) is 0 Å². The summed E-state index contributed by atoms with van der Waals surface area (Å²) in [5.74, 6) is -0.973. The lowest BCUT2D eigenvalue weighted by Crippen LogP contribution is -2.47. The average molecular weight is 306 g/mol. The van der Waals surface area contributed by atoms with Crippen molar-refractivity contribution in [1.29, 1.82) is 0 Å². The summed E-state index contributed by atoms with van der Waals surface area (Å²) >= 11 is 0. The molecule has 120 valence electrons. The summed E-state index contributed by atoms with van der Waals surface area (Å²) < 4.78 is 0. The minimum atomic E-state index is -0.973. The van der Waals surface area contributed by atoms with Crippen molar-refractivity contribution in [2.45, 2.75) is 50.8 Å². The highest BCUT2D eigenvalue weighted by Gasteiger charge is 2.22. The van der Waals surface area contributed by atoms with E-state index in [1.807, 2.05) is 0 Å². The molecular formula is C16H22N2O4. The number of carbonyl (C=O) groups excluding carboxylic acids is 1. The zero-order valence-electron chi connectivity index (χ0n) is 12.4. The molecule has 0 aliphatic heterocycles. The molecule has 0 unspecified atom stereocenters. The molecule has 0 radical (unpaired) electrons. The summed E-state index contributed by atoms with van der Waals surface area (Å²) in [6.45, 7) is 0.314. The molecule has 6 heteroatoms. The predicted octanol–water partition coefficient (Wildman–Crippen LogP) is 1.88. The Morgan fingerprint density at radius 1 is 1.09 bits per heavy atom. The van der Waals surface area contributed by atoms with Crippen LogP contribution < -0.4 is 10.6 Å². The minimum Gasteiger partial charge on any atom is -0.478 e. The Morgan fingerprint density at radius 2 is 1.77 bits per heavy atom. The molecule has 0 heterocycles. The van der Waals surface area contributed by atoms with Crippen LogP contribution >= 0.6 is 0 Å². The maximum Gasteiger partial charge on any atom is 0.335 e. The van der Waals surface area contributed by atoms with Crippen LogP contribution in [0.25, 0.3) is 0 Å². The van der Waals surface area contributed by atoms with Crippen molar-refractivity contribution in [3.05, 3.63) is 35.4 Å². The normalized spacial score (nSPS) is 21.7. The fraction of sp³-hybridized carbons (Fsp3) is 0.500. The first kappa shape index (κ1) is 16.3. The molecular weight excluding hydrogens is 284 g/mol. The first-order chi connectivity index (χ1) is 10.6. The van der Waals surface area contributed by atoms with E-state index in [9.17, 15) is 14.7 Å². The lowest BCUT2D eigenvalue weighted by molar-refractivity contribution is 0.0697. The standard InChI is InChI=1S/C16H22N2O4/c19-14-5-3-1-2-4-13(14)18-16(22)17-10-11-6-8-12(9-7-11)15(20)21/h6-9,13-14,19H,1-5,10H2,(H,20,21)(H2,17,18,22)/t13-,14-/m1/s1. The molecule has 0 aromatic heterocycles. The number of rotatable bonds is 4. The van der Waals surface area contributed by atoms with E-state index in [0.29, 0.717) is 6.54 Å². The molecule has 0 spiro atoms. The van der Waals surface area contributed by atoms with Crippen LogP contribution in [-0.4, -0.2) is 34.4 Å². The maximum atomic E-state index is 11.9. The Bertz CT molecular complexity index is 515. The third-order valence-electron chi connectivity index (χ3n) is 3.95. The fourth-order valence-electron chi connectivity index (χ4n) is 2.62. The second-order valence-corrected chi connectivity index (χ2v) is 5.64. The number of hydrogen-bond donors (Lipinski definition) is 4. The number of aliphatic hydroxyl groups is 1. The molecule has 22 heavy (non-hydrogen) atoms. The van der Waals surface area contributed by atoms with Crippen LogP contribution in [0.1, 0.15) is 48.0 Å². The third kappa shape index (κ3) is 4.73. The van der Waals surface area contributed by atoms with Gasteiger partial charge in [0.25, 0.3) is 0 Å². The van der Waals surface area contributed by atoms with Crippen molar-refractivity contribution < 1.29 is 19.8 Å². The van der Waals surface area contributed by atoms with Gasteiger partial charge in [0.2, 0.25) is 0 Å². The van der Waals surface area contributed by atoms with Crippen LogP contribution in [0.5, 0.6) is 0 Å². The number of carbonyl (C=O) groups is 2. The molecule has 2 amide bonds. The summed E-state index contributed by atoms with van der Waals surface area (Å²) in [4.78, 5) is 22.6. The summed E-state index contributed by atoms with van der Waals surface area (Å²) in [6.07, 6.45) is 4.13. The first-order valence-corrected chi connectivity index (χ1v) is 7.61. The molecule has 1 aliphatic rings. The van der Waals surface area contributed by atoms with Crippen LogP contribution in [0.3, 0.4) is 0 Å². The molecule has 2 atom stereocenters. The molecule has 2 rings (SSSR count). The van der Waals surface area contributed by atoms with E-state index in [1.165, 1.54) is 12.1 Å². The highest BCUT2D eigenvalue weighted by atomic mass is 16.4. The SMILES string of the molecule is O=C(NCc1ccc(C(=O)O)cc1)N[C@@H]1CCCCC[C@H]1O. The van der Waals surface area contributed by atoms with Crippen molar-refractivity contribution in [3.8, 4) is 0 Å². The molecule has 1 aliphatic carbocycles. The fourth-order valence-corrected chi connectivity index (χ4v) is 2.62. The monoisotopic (exact) mass is 306 g/mol. The molecule has 1 aromatic carbocycles. The van der Waals surface area contributed by atoms with Gasteiger partial charge in [-0.25, -0.2) is 9.59 Å². The minimum absolute atomic E-state index is 0.197. The second-order valence-electron chi connectivity index (χ2n) is 5.64. The van der Waals surface area contributed by atoms with Gasteiger partial charge < -0.3 is 20.8 Å². The van der Waals surface area contributed by atoms with E-state index in [2.05, 4.69) is 10.6 Å². The van der Waals surface area contributed by atoms with Crippen LogP contribution in [0, 0.1) is 0 Å². The zero-order valence-corrected chi connectivity index (χ0v) is 12.4. The number of urea groups is 1. The van der Waals surface area contributed by atoms with Gasteiger partial charge in [0.1, 0.15) is 0 Å². The molecule has 0 bridgehead atoms. The van der Waals surface area contributed by atoms with Crippen LogP contribution in [0.4, 0.5) is 4.79 Å². The van der Waals surface area contributed by atoms with Crippen molar-refractivity contribution >= 4 is 12.0 Å².